The van der Waals surface area contributed by atoms with Gasteiger partial charge in [0.25, 0.3) is 0 Å². The number of aromatic nitrogens is 6. The Balaban J connectivity index is 1.96. The summed E-state index contributed by atoms with van der Waals surface area (Å²) in [7, 11) is 1.32. The van der Waals surface area contributed by atoms with Crippen molar-refractivity contribution in [3.63, 3.8) is 0 Å². The van der Waals surface area contributed by atoms with E-state index in [0.29, 0.717) is 11.0 Å². The second kappa shape index (κ2) is 5.43. The summed E-state index contributed by atoms with van der Waals surface area (Å²) in [5.74, 6) is 0.187. The predicted molar refractivity (Wildman–Crippen MR) is 57.9 cm³/mol. The number of hydrogen-bond acceptors (Lipinski definition) is 7. The zero-order chi connectivity index (χ0) is 12.1. The van der Waals surface area contributed by atoms with Gasteiger partial charge in [0.15, 0.2) is 0 Å². The van der Waals surface area contributed by atoms with Gasteiger partial charge in [0.05, 0.1) is 13.0 Å². The van der Waals surface area contributed by atoms with Crippen LogP contribution in [0.4, 0.5) is 0 Å². The molecule has 0 aromatic carbocycles. The number of esters is 1. The fourth-order valence-corrected chi connectivity index (χ4v) is 1.83. The van der Waals surface area contributed by atoms with Crippen molar-refractivity contribution in [3.05, 3.63) is 18.5 Å². The normalized spacial score (nSPS) is 10.4. The minimum absolute atomic E-state index is 0.00490. The molecule has 0 unspecified atom stereocenters. The molecule has 0 radical (unpaired) electrons. The van der Waals surface area contributed by atoms with Crippen molar-refractivity contribution < 1.29 is 9.53 Å². The van der Waals surface area contributed by atoms with Crippen molar-refractivity contribution in [1.29, 1.82) is 0 Å². The van der Waals surface area contributed by atoms with Gasteiger partial charge in [-0.15, -0.1) is 5.10 Å². The Hall–Kier alpha value is -1.90. The number of thioether (sulfide) groups is 1. The smallest absolute Gasteiger partial charge is 0.327 e. The van der Waals surface area contributed by atoms with Gasteiger partial charge in [0.2, 0.25) is 5.16 Å². The fraction of sp³-hybridized carbons (Fsp3) is 0.375. The van der Waals surface area contributed by atoms with E-state index in [9.17, 15) is 4.79 Å². The van der Waals surface area contributed by atoms with E-state index < -0.39 is 5.97 Å². The second-order valence-electron chi connectivity index (χ2n) is 3.01. The molecule has 0 fully saturated rings. The number of methoxy groups -OCH3 is 1. The average molecular weight is 254 g/mol. The third kappa shape index (κ3) is 3.03. The van der Waals surface area contributed by atoms with Crippen LogP contribution in [-0.4, -0.2) is 43.1 Å². The molecule has 0 N–H and O–H groups in total. The van der Waals surface area contributed by atoms with Crippen LogP contribution in [-0.2, 0) is 22.0 Å². The second-order valence-corrected chi connectivity index (χ2v) is 3.93. The van der Waals surface area contributed by atoms with E-state index in [1.54, 1.807) is 10.9 Å². The summed E-state index contributed by atoms with van der Waals surface area (Å²) < 4.78 is 7.67. The standard InChI is InChI=1S/C8H10N6O2S/c1-16-7(15)5-14-8(10-11-12-14)17-6-13-4-2-3-9-13/h2-4H,5-6H2,1H3. The van der Waals surface area contributed by atoms with Crippen molar-refractivity contribution in [2.45, 2.75) is 17.6 Å². The minimum atomic E-state index is -0.391. The Morgan fingerprint density at radius 2 is 2.47 bits per heavy atom. The minimum Gasteiger partial charge on any atom is -0.468 e. The molecule has 0 atom stereocenters. The summed E-state index contributed by atoms with van der Waals surface area (Å²) in [4.78, 5) is 11.1. The van der Waals surface area contributed by atoms with Gasteiger partial charge in [-0.2, -0.15) is 5.10 Å². The Bertz CT molecular complexity index is 482. The molecule has 2 aromatic rings. The van der Waals surface area contributed by atoms with Gasteiger partial charge in [-0.05, 0) is 16.5 Å². The van der Waals surface area contributed by atoms with Gasteiger partial charge >= 0.3 is 5.97 Å². The van der Waals surface area contributed by atoms with Crippen molar-refractivity contribution in [3.8, 4) is 0 Å². The van der Waals surface area contributed by atoms with Crippen LogP contribution in [0.2, 0.25) is 0 Å². The molecule has 2 heterocycles. The van der Waals surface area contributed by atoms with E-state index in [-0.39, 0.29) is 6.54 Å². The quantitative estimate of drug-likeness (QED) is 0.539. The van der Waals surface area contributed by atoms with Crippen molar-refractivity contribution >= 4 is 17.7 Å². The molecule has 9 heteroatoms. The molecule has 2 aromatic heterocycles. The lowest BCUT2D eigenvalue weighted by Crippen LogP contribution is -2.14. The topological polar surface area (TPSA) is 87.7 Å². The Kier molecular flexibility index (Phi) is 3.70. The van der Waals surface area contributed by atoms with Gasteiger partial charge in [-0.25, -0.2) is 4.68 Å². The maximum atomic E-state index is 11.1. The Morgan fingerprint density at radius 3 is 3.18 bits per heavy atom. The molecule has 90 valence electrons. The summed E-state index contributed by atoms with van der Waals surface area (Å²) in [6.45, 7) is 0.00490. The van der Waals surface area contributed by atoms with Gasteiger partial charge in [0.1, 0.15) is 6.54 Å². The number of ether oxygens (including phenoxy) is 1. The van der Waals surface area contributed by atoms with Crippen LogP contribution in [0.25, 0.3) is 0 Å². The zero-order valence-corrected chi connectivity index (χ0v) is 9.87. The highest BCUT2D eigenvalue weighted by molar-refractivity contribution is 7.98. The first-order valence-corrected chi connectivity index (χ1v) is 5.71. The molecule has 0 aliphatic heterocycles. The van der Waals surface area contributed by atoms with E-state index in [2.05, 4.69) is 25.4 Å². The number of carbonyl (C=O) groups excluding carboxylic acids is 1. The predicted octanol–water partition coefficient (Wildman–Crippen LogP) is -0.208. The maximum absolute atomic E-state index is 11.1. The van der Waals surface area contributed by atoms with E-state index in [0.717, 1.165) is 0 Å². The first-order valence-electron chi connectivity index (χ1n) is 4.73. The van der Waals surface area contributed by atoms with Crippen LogP contribution in [0.5, 0.6) is 0 Å². The van der Waals surface area contributed by atoms with Crippen molar-refractivity contribution in [2.75, 3.05) is 7.11 Å². The van der Waals surface area contributed by atoms with Crippen LogP contribution < -0.4 is 0 Å². The maximum Gasteiger partial charge on any atom is 0.327 e. The average Bonchev–Trinajstić information content (AvgIpc) is 2.97. The fourth-order valence-electron chi connectivity index (χ4n) is 1.09. The highest BCUT2D eigenvalue weighted by Crippen LogP contribution is 2.15. The molecular formula is C8H10N6O2S. The molecule has 0 saturated carbocycles. The summed E-state index contributed by atoms with van der Waals surface area (Å²) in [6, 6.07) is 1.83. The van der Waals surface area contributed by atoms with Gasteiger partial charge < -0.3 is 4.74 Å². The monoisotopic (exact) mass is 254 g/mol. The number of carbonyl (C=O) groups is 1. The molecule has 0 aliphatic carbocycles. The molecule has 8 nitrogen and oxygen atoms in total. The molecular weight excluding hydrogens is 244 g/mol. The summed E-state index contributed by atoms with van der Waals surface area (Å²) in [6.07, 6.45) is 3.53. The number of tetrazole rings is 1. The third-order valence-corrected chi connectivity index (χ3v) is 2.83. The molecule has 17 heavy (non-hydrogen) atoms. The van der Waals surface area contributed by atoms with Crippen LogP contribution in [0.1, 0.15) is 0 Å². The lowest BCUT2D eigenvalue weighted by molar-refractivity contribution is -0.141. The summed E-state index contributed by atoms with van der Waals surface area (Å²) in [5, 5.41) is 15.6. The van der Waals surface area contributed by atoms with E-state index >= 15 is 0 Å². The number of hydrogen-bond donors (Lipinski definition) is 0. The number of nitrogens with zero attached hydrogens (tertiary/aromatic N) is 6. The van der Waals surface area contributed by atoms with Gasteiger partial charge in [0, 0.05) is 12.4 Å². The summed E-state index contributed by atoms with van der Waals surface area (Å²) >= 11 is 1.38. The van der Waals surface area contributed by atoms with Crippen LogP contribution in [0.15, 0.2) is 23.6 Å². The Labute approximate surface area is 101 Å². The molecule has 2 rings (SSSR count). The third-order valence-electron chi connectivity index (χ3n) is 1.89. The van der Waals surface area contributed by atoms with Gasteiger partial charge in [-0.3, -0.25) is 9.48 Å². The summed E-state index contributed by atoms with van der Waals surface area (Å²) in [5.41, 5.74) is 0. The lowest BCUT2D eigenvalue weighted by Gasteiger charge is -2.02. The Morgan fingerprint density at radius 1 is 1.59 bits per heavy atom. The van der Waals surface area contributed by atoms with Crippen LogP contribution in [0, 0.1) is 0 Å². The first-order chi connectivity index (χ1) is 8.29. The largest absolute Gasteiger partial charge is 0.468 e. The molecule has 0 saturated heterocycles. The zero-order valence-electron chi connectivity index (χ0n) is 9.05. The van der Waals surface area contributed by atoms with Gasteiger partial charge in [-0.1, -0.05) is 11.8 Å². The lowest BCUT2D eigenvalue weighted by atomic mass is 10.7. The van der Waals surface area contributed by atoms with Crippen molar-refractivity contribution in [2.24, 2.45) is 0 Å². The van der Waals surface area contributed by atoms with Crippen LogP contribution in [0.3, 0.4) is 0 Å². The number of rotatable bonds is 5. The highest BCUT2D eigenvalue weighted by Gasteiger charge is 2.11. The van der Waals surface area contributed by atoms with Crippen molar-refractivity contribution in [1.82, 2.24) is 30.0 Å². The molecule has 0 spiro atoms. The molecule has 0 bridgehead atoms. The first kappa shape index (κ1) is 11.6. The molecule has 0 aliphatic rings. The SMILES string of the molecule is COC(=O)Cn1nnnc1SCn1cccn1. The van der Waals surface area contributed by atoms with E-state index in [1.165, 1.54) is 23.6 Å². The van der Waals surface area contributed by atoms with E-state index in [1.807, 2.05) is 12.3 Å². The van der Waals surface area contributed by atoms with Crippen LogP contribution >= 0.6 is 11.8 Å². The molecule has 0 amide bonds. The van der Waals surface area contributed by atoms with E-state index in [4.69, 9.17) is 0 Å². The highest BCUT2D eigenvalue weighted by atomic mass is 32.2.